The van der Waals surface area contributed by atoms with Crippen molar-refractivity contribution in [2.75, 3.05) is 5.73 Å². The number of alkyl halides is 3. The Morgan fingerprint density at radius 1 is 1.36 bits per heavy atom. The van der Waals surface area contributed by atoms with Gasteiger partial charge in [-0.15, -0.1) is 13.2 Å². The molecule has 78 valence electrons. The van der Waals surface area contributed by atoms with Crippen LogP contribution in [0, 0.1) is 0 Å². The molecule has 0 saturated carbocycles. The van der Waals surface area contributed by atoms with E-state index in [-0.39, 0.29) is 15.9 Å². The molecule has 0 radical (unpaired) electrons. The maximum atomic E-state index is 11.8. The molecule has 0 amide bonds. The van der Waals surface area contributed by atoms with Crippen molar-refractivity contribution < 1.29 is 23.0 Å². The number of ether oxygens (including phenoxy) is 1. The molecule has 0 aliphatic rings. The van der Waals surface area contributed by atoms with E-state index < -0.39 is 12.1 Å². The van der Waals surface area contributed by atoms with E-state index in [4.69, 9.17) is 10.8 Å². The molecule has 7 heteroatoms. The molecule has 3 N–H and O–H groups in total. The summed E-state index contributed by atoms with van der Waals surface area (Å²) in [6.45, 7) is 0. The lowest BCUT2D eigenvalue weighted by Crippen LogP contribution is -2.17. The number of hydrogen-bond donors (Lipinski definition) is 2. The van der Waals surface area contributed by atoms with Crippen molar-refractivity contribution in [2.24, 2.45) is 0 Å². The van der Waals surface area contributed by atoms with E-state index in [9.17, 15) is 13.2 Å². The van der Waals surface area contributed by atoms with Crippen molar-refractivity contribution in [3.05, 3.63) is 16.6 Å². The first kappa shape index (κ1) is 11.0. The number of anilines is 1. The molecule has 0 unspecified atom stereocenters. The fourth-order valence-electron chi connectivity index (χ4n) is 0.787. The molecule has 1 rings (SSSR count). The first-order chi connectivity index (χ1) is 6.29. The Morgan fingerprint density at radius 3 is 2.36 bits per heavy atom. The van der Waals surface area contributed by atoms with Crippen molar-refractivity contribution in [2.45, 2.75) is 6.36 Å². The van der Waals surface area contributed by atoms with Crippen molar-refractivity contribution in [1.82, 2.24) is 0 Å². The van der Waals surface area contributed by atoms with Gasteiger partial charge in [-0.3, -0.25) is 0 Å². The summed E-state index contributed by atoms with van der Waals surface area (Å²) in [4.78, 5) is 0. The number of halogens is 4. The molecular weight excluding hydrogens is 267 g/mol. The number of rotatable bonds is 1. The minimum atomic E-state index is -4.77. The number of benzene rings is 1. The second-order valence-electron chi connectivity index (χ2n) is 2.39. The smallest absolute Gasteiger partial charge is 0.505 e. The molecule has 0 aliphatic carbocycles. The van der Waals surface area contributed by atoms with E-state index in [2.05, 4.69) is 20.7 Å². The number of nitrogens with two attached hydrogens (primary N) is 1. The van der Waals surface area contributed by atoms with Gasteiger partial charge in [0, 0.05) is 6.07 Å². The van der Waals surface area contributed by atoms with Crippen LogP contribution in [-0.2, 0) is 0 Å². The van der Waals surface area contributed by atoms with Gasteiger partial charge in [-0.1, -0.05) is 0 Å². The minimum Gasteiger partial charge on any atom is -0.505 e. The summed E-state index contributed by atoms with van der Waals surface area (Å²) in [5.41, 5.74) is 5.02. The summed E-state index contributed by atoms with van der Waals surface area (Å²) in [6.07, 6.45) is -4.77. The topological polar surface area (TPSA) is 55.5 Å². The van der Waals surface area contributed by atoms with Gasteiger partial charge < -0.3 is 15.6 Å². The predicted molar refractivity (Wildman–Crippen MR) is 46.9 cm³/mol. The van der Waals surface area contributed by atoms with E-state index in [1.165, 1.54) is 0 Å². The third kappa shape index (κ3) is 2.69. The SMILES string of the molecule is Nc1cc(OC(F)(F)F)cc(Br)c1O. The van der Waals surface area contributed by atoms with Crippen LogP contribution in [-0.4, -0.2) is 11.5 Å². The number of aromatic hydroxyl groups is 1. The highest BCUT2D eigenvalue weighted by atomic mass is 79.9. The zero-order valence-electron chi connectivity index (χ0n) is 6.60. The van der Waals surface area contributed by atoms with Gasteiger partial charge in [0.25, 0.3) is 0 Å². The third-order valence-corrected chi connectivity index (χ3v) is 1.90. The maximum absolute atomic E-state index is 11.8. The number of hydrogen-bond acceptors (Lipinski definition) is 3. The Bertz CT molecular complexity index is 330. The van der Waals surface area contributed by atoms with Crippen LogP contribution in [0.3, 0.4) is 0 Å². The van der Waals surface area contributed by atoms with E-state index in [1.807, 2.05) is 0 Å². The van der Waals surface area contributed by atoms with E-state index >= 15 is 0 Å². The molecule has 0 bridgehead atoms. The van der Waals surface area contributed by atoms with Gasteiger partial charge in [-0.25, -0.2) is 0 Å². The van der Waals surface area contributed by atoms with Gasteiger partial charge in [0.1, 0.15) is 5.75 Å². The summed E-state index contributed by atoms with van der Waals surface area (Å²) in [5.74, 6) is -0.806. The highest BCUT2D eigenvalue weighted by Gasteiger charge is 2.31. The molecule has 0 aliphatic heterocycles. The molecule has 1 aromatic rings. The molecule has 14 heavy (non-hydrogen) atoms. The number of nitrogen functional groups attached to an aromatic ring is 1. The third-order valence-electron chi connectivity index (χ3n) is 1.30. The molecule has 0 aromatic heterocycles. The zero-order valence-corrected chi connectivity index (χ0v) is 8.19. The van der Waals surface area contributed by atoms with E-state index in [1.54, 1.807) is 0 Å². The fraction of sp³-hybridized carbons (Fsp3) is 0.143. The van der Waals surface area contributed by atoms with Crippen molar-refractivity contribution in [3.63, 3.8) is 0 Å². The highest BCUT2D eigenvalue weighted by molar-refractivity contribution is 9.10. The molecular formula is C7H5BrF3NO2. The van der Waals surface area contributed by atoms with Gasteiger partial charge in [0.05, 0.1) is 10.2 Å². The first-order valence-electron chi connectivity index (χ1n) is 3.33. The Hall–Kier alpha value is -1.11. The summed E-state index contributed by atoms with van der Waals surface area (Å²) in [7, 11) is 0. The predicted octanol–water partition coefficient (Wildman–Crippen LogP) is 2.64. The van der Waals surface area contributed by atoms with Gasteiger partial charge in [0.2, 0.25) is 0 Å². The van der Waals surface area contributed by atoms with E-state index in [0.29, 0.717) is 0 Å². The van der Waals surface area contributed by atoms with Gasteiger partial charge in [-0.05, 0) is 22.0 Å². The second kappa shape index (κ2) is 3.56. The standard InChI is InChI=1S/C7H5BrF3NO2/c8-4-1-3(14-7(9,10)11)2-5(12)6(4)13/h1-2,13H,12H2. The summed E-state index contributed by atoms with van der Waals surface area (Å²) in [5, 5.41) is 9.12. The summed E-state index contributed by atoms with van der Waals surface area (Å²) in [6, 6.07) is 1.85. The molecule has 0 fully saturated rings. The normalized spacial score (nSPS) is 11.4. The van der Waals surface area contributed by atoms with Crippen molar-refractivity contribution >= 4 is 21.6 Å². The maximum Gasteiger partial charge on any atom is 0.573 e. The summed E-state index contributed by atoms with van der Waals surface area (Å²) < 4.78 is 38.9. The Labute approximate surface area is 85.4 Å². The zero-order chi connectivity index (χ0) is 10.9. The van der Waals surface area contributed by atoms with Gasteiger partial charge in [-0.2, -0.15) is 0 Å². The lowest BCUT2D eigenvalue weighted by atomic mass is 10.3. The molecule has 0 atom stereocenters. The van der Waals surface area contributed by atoms with Crippen LogP contribution < -0.4 is 10.5 Å². The van der Waals surface area contributed by atoms with Crippen LogP contribution in [0.5, 0.6) is 11.5 Å². The average molecular weight is 272 g/mol. The fourth-order valence-corrected chi connectivity index (χ4v) is 1.24. The van der Waals surface area contributed by atoms with Crippen LogP contribution in [0.1, 0.15) is 0 Å². The molecule has 0 saturated heterocycles. The Balaban J connectivity index is 3.02. The molecule has 0 spiro atoms. The minimum absolute atomic E-state index is 0.0387. The number of phenols is 1. The second-order valence-corrected chi connectivity index (χ2v) is 3.25. The Morgan fingerprint density at radius 2 is 1.93 bits per heavy atom. The first-order valence-corrected chi connectivity index (χ1v) is 4.12. The van der Waals surface area contributed by atoms with Crippen LogP contribution in [0.2, 0.25) is 0 Å². The monoisotopic (exact) mass is 271 g/mol. The van der Waals surface area contributed by atoms with Crippen molar-refractivity contribution in [3.8, 4) is 11.5 Å². The van der Waals surface area contributed by atoms with E-state index in [0.717, 1.165) is 12.1 Å². The average Bonchev–Trinajstić information content (AvgIpc) is 1.96. The lowest BCUT2D eigenvalue weighted by Gasteiger charge is -2.10. The Kier molecular flexibility index (Phi) is 2.79. The largest absolute Gasteiger partial charge is 0.573 e. The van der Waals surface area contributed by atoms with Crippen LogP contribution in [0.4, 0.5) is 18.9 Å². The molecule has 0 heterocycles. The van der Waals surface area contributed by atoms with Gasteiger partial charge >= 0.3 is 6.36 Å². The van der Waals surface area contributed by atoms with Crippen LogP contribution in [0.15, 0.2) is 16.6 Å². The number of phenolic OH excluding ortho intramolecular Hbond substituents is 1. The highest BCUT2D eigenvalue weighted by Crippen LogP contribution is 2.36. The quantitative estimate of drug-likeness (QED) is 0.610. The van der Waals surface area contributed by atoms with Crippen LogP contribution >= 0.6 is 15.9 Å². The molecule has 1 aromatic carbocycles. The lowest BCUT2D eigenvalue weighted by molar-refractivity contribution is -0.274. The van der Waals surface area contributed by atoms with Crippen molar-refractivity contribution in [1.29, 1.82) is 0 Å². The van der Waals surface area contributed by atoms with Crippen LogP contribution in [0.25, 0.3) is 0 Å². The summed E-state index contributed by atoms with van der Waals surface area (Å²) >= 11 is 2.83. The molecule has 3 nitrogen and oxygen atoms in total. The van der Waals surface area contributed by atoms with Gasteiger partial charge in [0.15, 0.2) is 5.75 Å².